The highest BCUT2D eigenvalue weighted by Gasteiger charge is 2.38. The molecule has 6 heteroatoms. The molecule has 1 aromatic rings. The maximum absolute atomic E-state index is 13.0. The van der Waals surface area contributed by atoms with Crippen LogP contribution in [0.4, 0.5) is 4.79 Å². The first-order valence-corrected chi connectivity index (χ1v) is 9.26. The Morgan fingerprint density at radius 1 is 1.15 bits per heavy atom. The van der Waals surface area contributed by atoms with Crippen LogP contribution in [0.1, 0.15) is 46.1 Å². The van der Waals surface area contributed by atoms with E-state index in [1.165, 1.54) is 0 Å². The molecule has 0 aromatic heterocycles. The average molecular weight is 361 g/mol. The summed E-state index contributed by atoms with van der Waals surface area (Å²) in [6.45, 7) is 10.7. The Morgan fingerprint density at radius 2 is 1.77 bits per heavy atom. The van der Waals surface area contributed by atoms with Crippen LogP contribution in [-0.2, 0) is 4.79 Å². The van der Waals surface area contributed by atoms with Gasteiger partial charge >= 0.3 is 6.03 Å². The fourth-order valence-corrected chi connectivity index (χ4v) is 3.29. The number of carbonyl (C=O) groups is 2. The molecule has 1 aliphatic heterocycles. The minimum atomic E-state index is -0.570. The molecule has 2 rings (SSSR count). The van der Waals surface area contributed by atoms with Gasteiger partial charge in [0.05, 0.1) is 0 Å². The highest BCUT2D eigenvalue weighted by Crippen LogP contribution is 2.27. The maximum Gasteiger partial charge on any atom is 0.315 e. The minimum Gasteiger partial charge on any atom is -0.339 e. The first-order chi connectivity index (χ1) is 12.1. The van der Waals surface area contributed by atoms with Gasteiger partial charge in [0.2, 0.25) is 5.91 Å². The van der Waals surface area contributed by atoms with E-state index in [1.807, 2.05) is 65.0 Å². The van der Waals surface area contributed by atoms with Gasteiger partial charge < -0.3 is 21.3 Å². The molecule has 1 saturated heterocycles. The van der Waals surface area contributed by atoms with Crippen LogP contribution in [0, 0.1) is 5.92 Å². The Balaban J connectivity index is 2.06. The third-order valence-electron chi connectivity index (χ3n) is 4.61. The molecule has 0 spiro atoms. The lowest BCUT2D eigenvalue weighted by Crippen LogP contribution is -2.56. The third-order valence-corrected chi connectivity index (χ3v) is 4.61. The smallest absolute Gasteiger partial charge is 0.315 e. The molecule has 0 unspecified atom stereocenters. The summed E-state index contributed by atoms with van der Waals surface area (Å²) in [6, 6.07) is 9.05. The molecule has 0 aliphatic carbocycles. The Morgan fingerprint density at radius 3 is 2.31 bits per heavy atom. The molecule has 3 atom stereocenters. The summed E-state index contributed by atoms with van der Waals surface area (Å²) in [5.74, 6) is 0.0366. The van der Waals surface area contributed by atoms with E-state index in [9.17, 15) is 9.59 Å². The molecule has 144 valence electrons. The van der Waals surface area contributed by atoms with E-state index in [2.05, 4.69) is 10.6 Å². The van der Waals surface area contributed by atoms with E-state index in [0.717, 1.165) is 5.56 Å². The number of rotatable bonds is 4. The van der Waals surface area contributed by atoms with Gasteiger partial charge in [0, 0.05) is 30.6 Å². The number of nitrogens with one attached hydrogen (secondary N) is 2. The van der Waals surface area contributed by atoms with Crippen LogP contribution in [0.2, 0.25) is 0 Å². The predicted molar refractivity (Wildman–Crippen MR) is 104 cm³/mol. The second-order valence-corrected chi connectivity index (χ2v) is 8.49. The molecule has 0 bridgehead atoms. The highest BCUT2D eigenvalue weighted by atomic mass is 16.2. The molecule has 0 saturated carbocycles. The lowest BCUT2D eigenvalue weighted by molar-refractivity contribution is -0.133. The first kappa shape index (κ1) is 20.2. The topological polar surface area (TPSA) is 87.5 Å². The van der Waals surface area contributed by atoms with Gasteiger partial charge in [0.1, 0.15) is 6.04 Å². The Hall–Kier alpha value is -2.08. The maximum atomic E-state index is 13.0. The van der Waals surface area contributed by atoms with Crippen molar-refractivity contribution in [3.05, 3.63) is 35.9 Å². The van der Waals surface area contributed by atoms with Crippen molar-refractivity contribution in [1.82, 2.24) is 15.5 Å². The molecule has 6 nitrogen and oxygen atoms in total. The third kappa shape index (κ3) is 5.21. The zero-order chi connectivity index (χ0) is 19.5. The number of likely N-dealkylation sites (tertiary alicyclic amines) is 1. The van der Waals surface area contributed by atoms with Crippen LogP contribution >= 0.6 is 0 Å². The largest absolute Gasteiger partial charge is 0.339 e. The summed E-state index contributed by atoms with van der Waals surface area (Å²) in [4.78, 5) is 27.0. The van der Waals surface area contributed by atoms with Crippen LogP contribution in [0.3, 0.4) is 0 Å². The molecule has 1 fully saturated rings. The molecule has 4 N–H and O–H groups in total. The van der Waals surface area contributed by atoms with Crippen molar-refractivity contribution < 1.29 is 9.59 Å². The lowest BCUT2D eigenvalue weighted by Gasteiger charge is -2.29. The standard InChI is InChI=1S/C20H32N4O2/c1-13(2)17(22-19(26)23-20(3,4)5)18(25)24-11-15(16(21)12-24)14-9-7-6-8-10-14/h6-10,13,15-17H,11-12,21H2,1-5H3,(H2,22,23,26)/t15-,16+,17-/m0/s1. The van der Waals surface area contributed by atoms with E-state index >= 15 is 0 Å². The molecule has 1 aromatic carbocycles. The van der Waals surface area contributed by atoms with Crippen LogP contribution in [0.5, 0.6) is 0 Å². The van der Waals surface area contributed by atoms with Crippen LogP contribution in [0.15, 0.2) is 30.3 Å². The SMILES string of the molecule is CC(C)[C@H](NC(=O)NC(C)(C)C)C(=O)N1C[C@@H](N)[C@H](c2ccccc2)C1. The fourth-order valence-electron chi connectivity index (χ4n) is 3.29. The lowest BCUT2D eigenvalue weighted by atomic mass is 9.95. The molecule has 1 aliphatic rings. The van der Waals surface area contributed by atoms with Gasteiger partial charge in [-0.25, -0.2) is 4.79 Å². The van der Waals surface area contributed by atoms with Gasteiger partial charge in [-0.15, -0.1) is 0 Å². The van der Waals surface area contributed by atoms with Crippen molar-refractivity contribution >= 4 is 11.9 Å². The molecule has 1 heterocycles. The molecule has 26 heavy (non-hydrogen) atoms. The van der Waals surface area contributed by atoms with Gasteiger partial charge in [0.15, 0.2) is 0 Å². The molecular formula is C20H32N4O2. The number of carbonyl (C=O) groups excluding carboxylic acids is 2. The predicted octanol–water partition coefficient (Wildman–Crippen LogP) is 2.06. The summed E-state index contributed by atoms with van der Waals surface area (Å²) in [6.07, 6.45) is 0. The quantitative estimate of drug-likeness (QED) is 0.768. The number of urea groups is 1. The van der Waals surface area contributed by atoms with E-state index < -0.39 is 6.04 Å². The van der Waals surface area contributed by atoms with E-state index in [1.54, 1.807) is 4.90 Å². The number of hydrogen-bond donors (Lipinski definition) is 3. The first-order valence-electron chi connectivity index (χ1n) is 9.26. The van der Waals surface area contributed by atoms with Crippen molar-refractivity contribution in [2.45, 2.75) is 58.2 Å². The van der Waals surface area contributed by atoms with Crippen molar-refractivity contribution in [3.63, 3.8) is 0 Å². The second-order valence-electron chi connectivity index (χ2n) is 8.49. The van der Waals surface area contributed by atoms with Crippen LogP contribution in [-0.4, -0.2) is 47.6 Å². The van der Waals surface area contributed by atoms with Gasteiger partial charge in [-0.2, -0.15) is 0 Å². The summed E-state index contributed by atoms with van der Waals surface area (Å²) < 4.78 is 0. The Labute approximate surface area is 156 Å². The van der Waals surface area contributed by atoms with E-state index in [-0.39, 0.29) is 35.4 Å². The average Bonchev–Trinajstić information content (AvgIpc) is 2.93. The van der Waals surface area contributed by atoms with E-state index in [0.29, 0.717) is 13.1 Å². The van der Waals surface area contributed by atoms with Crippen molar-refractivity contribution in [3.8, 4) is 0 Å². The molecular weight excluding hydrogens is 328 g/mol. The Kier molecular flexibility index (Phi) is 6.29. The summed E-state index contributed by atoms with van der Waals surface area (Å²) in [7, 11) is 0. The Bertz CT molecular complexity index is 624. The van der Waals surface area contributed by atoms with E-state index in [4.69, 9.17) is 5.73 Å². The zero-order valence-electron chi connectivity index (χ0n) is 16.5. The second kappa shape index (κ2) is 8.08. The van der Waals surface area contributed by atoms with Gasteiger partial charge in [-0.1, -0.05) is 44.2 Å². The normalized spacial score (nSPS) is 21.6. The van der Waals surface area contributed by atoms with Crippen molar-refractivity contribution in [2.75, 3.05) is 13.1 Å². The zero-order valence-corrected chi connectivity index (χ0v) is 16.5. The van der Waals surface area contributed by atoms with Gasteiger partial charge in [0.25, 0.3) is 0 Å². The summed E-state index contributed by atoms with van der Waals surface area (Å²) in [5, 5.41) is 5.68. The number of hydrogen-bond acceptors (Lipinski definition) is 3. The minimum absolute atomic E-state index is 0.0137. The van der Waals surface area contributed by atoms with Crippen LogP contribution < -0.4 is 16.4 Å². The van der Waals surface area contributed by atoms with Crippen molar-refractivity contribution in [2.24, 2.45) is 11.7 Å². The monoisotopic (exact) mass is 360 g/mol. The number of nitrogens with two attached hydrogens (primary N) is 1. The highest BCUT2D eigenvalue weighted by molar-refractivity contribution is 5.87. The van der Waals surface area contributed by atoms with Crippen molar-refractivity contribution in [1.29, 1.82) is 0 Å². The van der Waals surface area contributed by atoms with Crippen LogP contribution in [0.25, 0.3) is 0 Å². The number of nitrogens with zero attached hydrogens (tertiary/aromatic N) is 1. The summed E-state index contributed by atoms with van der Waals surface area (Å²) in [5.41, 5.74) is 7.10. The molecule has 3 amide bonds. The number of benzene rings is 1. The number of amides is 3. The van der Waals surface area contributed by atoms with Gasteiger partial charge in [-0.05, 0) is 32.3 Å². The summed E-state index contributed by atoms with van der Waals surface area (Å²) >= 11 is 0. The molecule has 0 radical (unpaired) electrons. The van der Waals surface area contributed by atoms with Gasteiger partial charge in [-0.3, -0.25) is 4.79 Å². The fraction of sp³-hybridized carbons (Fsp3) is 0.600.